The van der Waals surface area contributed by atoms with Crippen molar-refractivity contribution < 1.29 is 9.59 Å². The molecular weight excluding hydrogens is 416 g/mol. The topological polar surface area (TPSA) is 74.7 Å². The van der Waals surface area contributed by atoms with Crippen LogP contribution in [0.3, 0.4) is 0 Å². The van der Waals surface area contributed by atoms with Crippen LogP contribution in [-0.2, 0) is 6.54 Å². The van der Waals surface area contributed by atoms with Crippen molar-refractivity contribution in [1.29, 1.82) is 0 Å². The smallest absolute Gasteiger partial charge is 0.259 e. The molecule has 0 saturated carbocycles. The minimum atomic E-state index is -0.505. The average Bonchev–Trinajstić information content (AvgIpc) is 2.73. The van der Waals surface area contributed by atoms with Gasteiger partial charge in [-0.25, -0.2) is 0 Å². The molecule has 178 valence electrons. The predicted molar refractivity (Wildman–Crippen MR) is 132 cm³/mol. The zero-order valence-electron chi connectivity index (χ0n) is 20.6. The lowest BCUT2D eigenvalue weighted by Gasteiger charge is -2.37. The lowest BCUT2D eigenvalue weighted by molar-refractivity contribution is 0.0744. The van der Waals surface area contributed by atoms with Crippen molar-refractivity contribution in [2.45, 2.75) is 54.1 Å². The quantitative estimate of drug-likeness (QED) is 0.730. The molecule has 2 aromatic rings. The van der Waals surface area contributed by atoms with Crippen molar-refractivity contribution in [2.24, 2.45) is 5.92 Å². The van der Waals surface area contributed by atoms with Gasteiger partial charge in [-0.05, 0) is 45.2 Å². The van der Waals surface area contributed by atoms with Crippen LogP contribution in [0.1, 0.15) is 59.5 Å². The molecule has 1 N–H and O–H groups in total. The van der Waals surface area contributed by atoms with Crippen molar-refractivity contribution in [3.63, 3.8) is 0 Å². The molecule has 0 radical (unpaired) electrons. The van der Waals surface area contributed by atoms with Crippen LogP contribution >= 0.6 is 0 Å². The summed E-state index contributed by atoms with van der Waals surface area (Å²) >= 11 is 0. The van der Waals surface area contributed by atoms with E-state index in [1.165, 1.54) is 16.8 Å². The zero-order chi connectivity index (χ0) is 24.3. The Morgan fingerprint density at radius 2 is 1.61 bits per heavy atom. The van der Waals surface area contributed by atoms with E-state index in [4.69, 9.17) is 0 Å². The van der Waals surface area contributed by atoms with Crippen molar-refractivity contribution in [2.75, 3.05) is 31.1 Å². The highest BCUT2D eigenvalue weighted by atomic mass is 16.2. The number of pyridine rings is 1. The molecule has 3 rings (SSSR count). The van der Waals surface area contributed by atoms with Gasteiger partial charge in [-0.1, -0.05) is 31.5 Å². The van der Waals surface area contributed by atoms with Crippen LogP contribution in [0.2, 0.25) is 0 Å². The van der Waals surface area contributed by atoms with Crippen LogP contribution in [0.4, 0.5) is 5.69 Å². The third kappa shape index (κ3) is 5.83. The molecule has 1 saturated heterocycles. The van der Waals surface area contributed by atoms with Gasteiger partial charge >= 0.3 is 0 Å². The molecule has 2 amide bonds. The maximum atomic E-state index is 13.4. The maximum Gasteiger partial charge on any atom is 0.259 e. The van der Waals surface area contributed by atoms with Gasteiger partial charge in [0.25, 0.3) is 11.8 Å². The molecule has 7 heteroatoms. The van der Waals surface area contributed by atoms with E-state index in [0.717, 1.165) is 0 Å². The number of aromatic nitrogens is 1. The minimum Gasteiger partial charge on any atom is -0.368 e. The first-order chi connectivity index (χ1) is 15.6. The number of carbonyl (C=O) groups is 2. The first kappa shape index (κ1) is 24.6. The highest BCUT2D eigenvalue weighted by Gasteiger charge is 2.27. The molecule has 33 heavy (non-hydrogen) atoms. The third-order valence-electron chi connectivity index (χ3n) is 5.81. The standard InChI is InChI=1S/C26H36N4O3/c1-17(2)14-28-15-21(25(32)27-18(3)4)24(31)22(16-28)26(33)30-11-9-29(10-12-30)23-8-7-19(5)13-20(23)6/h7-8,13,15-18H,9-12,14H2,1-6H3,(H,27,32). The number of carbonyl (C=O) groups excluding carboxylic acids is 2. The predicted octanol–water partition coefficient (Wildman–Crippen LogP) is 3.22. The van der Waals surface area contributed by atoms with Gasteiger partial charge in [0.05, 0.1) is 0 Å². The number of anilines is 1. The summed E-state index contributed by atoms with van der Waals surface area (Å²) in [5.74, 6) is -0.448. The number of piperazine rings is 1. The second kappa shape index (κ2) is 10.2. The zero-order valence-corrected chi connectivity index (χ0v) is 20.6. The summed E-state index contributed by atoms with van der Waals surface area (Å²) in [5, 5.41) is 2.78. The molecule has 2 heterocycles. The summed E-state index contributed by atoms with van der Waals surface area (Å²) in [6.07, 6.45) is 3.17. The van der Waals surface area contributed by atoms with Crippen molar-refractivity contribution in [3.05, 3.63) is 63.1 Å². The molecule has 1 fully saturated rings. The van der Waals surface area contributed by atoms with E-state index in [1.54, 1.807) is 21.9 Å². The number of amides is 2. The normalized spacial score (nSPS) is 14.2. The molecule has 0 atom stereocenters. The van der Waals surface area contributed by atoms with Crippen molar-refractivity contribution in [1.82, 2.24) is 14.8 Å². The van der Waals surface area contributed by atoms with Crippen LogP contribution in [0, 0.1) is 19.8 Å². The van der Waals surface area contributed by atoms with E-state index >= 15 is 0 Å². The Balaban J connectivity index is 1.84. The number of nitrogens with zero attached hydrogens (tertiary/aromatic N) is 3. The Morgan fingerprint density at radius 3 is 2.18 bits per heavy atom. The third-order valence-corrected chi connectivity index (χ3v) is 5.81. The number of nitrogens with one attached hydrogen (secondary N) is 1. The monoisotopic (exact) mass is 452 g/mol. The molecular formula is C26H36N4O3. The first-order valence-electron chi connectivity index (χ1n) is 11.7. The summed E-state index contributed by atoms with van der Waals surface area (Å²) in [7, 11) is 0. The van der Waals surface area contributed by atoms with Gasteiger partial charge in [-0.2, -0.15) is 0 Å². The number of rotatable bonds is 6. The summed E-state index contributed by atoms with van der Waals surface area (Å²) in [6.45, 7) is 15.0. The number of hydrogen-bond donors (Lipinski definition) is 1. The van der Waals surface area contributed by atoms with Crippen LogP contribution in [-0.4, -0.2) is 53.5 Å². The lowest BCUT2D eigenvalue weighted by Crippen LogP contribution is -2.50. The van der Waals surface area contributed by atoms with Crippen LogP contribution in [0.25, 0.3) is 0 Å². The first-order valence-corrected chi connectivity index (χ1v) is 11.7. The molecule has 1 aliphatic heterocycles. The fourth-order valence-electron chi connectivity index (χ4n) is 4.29. The van der Waals surface area contributed by atoms with E-state index in [1.807, 2.05) is 13.8 Å². The minimum absolute atomic E-state index is 0.0177. The SMILES string of the molecule is Cc1ccc(N2CCN(C(=O)c3cn(CC(C)C)cc(C(=O)NC(C)C)c3=O)CC2)c(C)c1. The van der Waals surface area contributed by atoms with Gasteiger partial charge in [0, 0.05) is 56.8 Å². The number of benzene rings is 1. The largest absolute Gasteiger partial charge is 0.368 e. The van der Waals surface area contributed by atoms with Gasteiger partial charge in [0.15, 0.2) is 0 Å². The Morgan fingerprint density at radius 1 is 0.970 bits per heavy atom. The summed E-state index contributed by atoms with van der Waals surface area (Å²) in [6, 6.07) is 6.29. The van der Waals surface area contributed by atoms with Gasteiger partial charge in [0.2, 0.25) is 5.43 Å². The van der Waals surface area contributed by atoms with E-state index in [9.17, 15) is 14.4 Å². The Labute approximate surface area is 196 Å². The molecule has 1 aliphatic rings. The van der Waals surface area contributed by atoms with E-state index in [-0.39, 0.29) is 23.1 Å². The Bertz CT molecular complexity index is 1080. The van der Waals surface area contributed by atoms with E-state index in [2.05, 4.69) is 56.1 Å². The molecule has 0 unspecified atom stereocenters. The molecule has 1 aromatic carbocycles. The van der Waals surface area contributed by atoms with Gasteiger partial charge in [-0.3, -0.25) is 14.4 Å². The summed E-state index contributed by atoms with van der Waals surface area (Å²) in [5.41, 5.74) is 3.20. The number of aryl methyl sites for hydroxylation is 2. The van der Waals surface area contributed by atoms with Crippen molar-refractivity contribution >= 4 is 17.5 Å². The van der Waals surface area contributed by atoms with Gasteiger partial charge in [-0.15, -0.1) is 0 Å². The van der Waals surface area contributed by atoms with Crippen LogP contribution in [0.5, 0.6) is 0 Å². The Kier molecular flexibility index (Phi) is 7.61. The fourth-order valence-corrected chi connectivity index (χ4v) is 4.29. The fraction of sp³-hybridized carbons (Fsp3) is 0.500. The second-order valence-electron chi connectivity index (χ2n) is 9.70. The summed E-state index contributed by atoms with van der Waals surface area (Å²) in [4.78, 5) is 43.2. The average molecular weight is 453 g/mol. The maximum absolute atomic E-state index is 13.4. The highest BCUT2D eigenvalue weighted by molar-refractivity contribution is 5.99. The molecule has 0 bridgehead atoms. The van der Waals surface area contributed by atoms with E-state index < -0.39 is 11.3 Å². The molecule has 7 nitrogen and oxygen atoms in total. The molecule has 1 aromatic heterocycles. The van der Waals surface area contributed by atoms with Crippen molar-refractivity contribution in [3.8, 4) is 0 Å². The molecule has 0 aliphatic carbocycles. The van der Waals surface area contributed by atoms with Crippen LogP contribution < -0.4 is 15.6 Å². The lowest BCUT2D eigenvalue weighted by atomic mass is 10.1. The van der Waals surface area contributed by atoms with Gasteiger partial charge < -0.3 is 19.7 Å². The second-order valence-corrected chi connectivity index (χ2v) is 9.70. The summed E-state index contributed by atoms with van der Waals surface area (Å²) < 4.78 is 1.79. The Hall–Kier alpha value is -3.09. The highest BCUT2D eigenvalue weighted by Crippen LogP contribution is 2.23. The van der Waals surface area contributed by atoms with E-state index in [0.29, 0.717) is 38.6 Å². The van der Waals surface area contributed by atoms with Gasteiger partial charge in [0.1, 0.15) is 11.1 Å². The number of hydrogen-bond acceptors (Lipinski definition) is 4. The van der Waals surface area contributed by atoms with Crippen LogP contribution in [0.15, 0.2) is 35.4 Å². The molecule has 0 spiro atoms.